The van der Waals surface area contributed by atoms with Crippen LogP contribution in [0, 0.1) is 5.92 Å². The lowest BCUT2D eigenvalue weighted by Gasteiger charge is -2.16. The maximum absolute atomic E-state index is 13.0. The van der Waals surface area contributed by atoms with Gasteiger partial charge in [-0.05, 0) is 36.6 Å². The van der Waals surface area contributed by atoms with E-state index in [2.05, 4.69) is 26.3 Å². The Balaban J connectivity index is 1.99. The number of nitrogens with zero attached hydrogens (tertiary/aromatic N) is 2. The molecule has 0 saturated heterocycles. The largest absolute Gasteiger partial charge is 0.344 e. The van der Waals surface area contributed by atoms with Gasteiger partial charge >= 0.3 is 0 Å². The predicted molar refractivity (Wildman–Crippen MR) is 111 cm³/mol. The van der Waals surface area contributed by atoms with E-state index in [-0.39, 0.29) is 29.1 Å². The first-order valence-electron chi connectivity index (χ1n) is 8.93. The maximum atomic E-state index is 13.0. The molecule has 1 aromatic heterocycles. The van der Waals surface area contributed by atoms with Crippen LogP contribution in [-0.4, -0.2) is 15.7 Å². The van der Waals surface area contributed by atoms with Crippen LogP contribution in [0.25, 0.3) is 10.8 Å². The van der Waals surface area contributed by atoms with Crippen molar-refractivity contribution < 1.29 is 4.79 Å². The fourth-order valence-electron chi connectivity index (χ4n) is 2.97. The fraction of sp³-hybridized carbons (Fsp3) is 0.286. The highest BCUT2D eigenvalue weighted by atomic mass is 79.9. The van der Waals surface area contributed by atoms with E-state index in [9.17, 15) is 9.59 Å². The van der Waals surface area contributed by atoms with Gasteiger partial charge in [0.05, 0.1) is 11.4 Å². The van der Waals surface area contributed by atoms with E-state index < -0.39 is 0 Å². The van der Waals surface area contributed by atoms with E-state index in [0.29, 0.717) is 17.3 Å². The van der Waals surface area contributed by atoms with E-state index in [1.165, 1.54) is 4.68 Å². The molecule has 3 aromatic rings. The van der Waals surface area contributed by atoms with Crippen molar-refractivity contribution in [2.24, 2.45) is 5.92 Å². The van der Waals surface area contributed by atoms with Gasteiger partial charge < -0.3 is 5.32 Å². The lowest BCUT2D eigenvalue weighted by molar-refractivity contribution is 0.0934. The standard InChI is InChI=1S/C21H22BrN3O2/c1-13(2)12-25-21(27)18-7-5-4-6-17(18)19(24-25)20(26)23-14(3)15-8-10-16(22)11-9-15/h4-11,13-14H,12H2,1-3H3,(H,23,26). The molecule has 140 valence electrons. The molecule has 2 aromatic carbocycles. The van der Waals surface area contributed by atoms with Crippen LogP contribution in [0.2, 0.25) is 0 Å². The molecular formula is C21H22BrN3O2. The molecule has 6 heteroatoms. The molecule has 1 unspecified atom stereocenters. The zero-order chi connectivity index (χ0) is 19.6. The lowest BCUT2D eigenvalue weighted by Crippen LogP contribution is -2.32. The Labute approximate surface area is 166 Å². The van der Waals surface area contributed by atoms with Gasteiger partial charge in [-0.3, -0.25) is 9.59 Å². The van der Waals surface area contributed by atoms with Gasteiger partial charge in [0.15, 0.2) is 5.69 Å². The van der Waals surface area contributed by atoms with E-state index in [1.807, 2.05) is 51.1 Å². The second kappa shape index (κ2) is 8.05. The maximum Gasteiger partial charge on any atom is 0.274 e. The third kappa shape index (κ3) is 4.27. The van der Waals surface area contributed by atoms with Gasteiger partial charge in [0.2, 0.25) is 0 Å². The second-order valence-corrected chi connectivity index (χ2v) is 7.94. The average Bonchev–Trinajstić information content (AvgIpc) is 2.64. The smallest absolute Gasteiger partial charge is 0.274 e. The first-order chi connectivity index (χ1) is 12.9. The summed E-state index contributed by atoms with van der Waals surface area (Å²) in [6.45, 7) is 6.41. The number of amides is 1. The fourth-order valence-corrected chi connectivity index (χ4v) is 3.24. The van der Waals surface area contributed by atoms with Gasteiger partial charge in [-0.2, -0.15) is 5.10 Å². The van der Waals surface area contributed by atoms with Gasteiger partial charge in [-0.25, -0.2) is 4.68 Å². The summed E-state index contributed by atoms with van der Waals surface area (Å²) in [7, 11) is 0. The van der Waals surface area contributed by atoms with Crippen molar-refractivity contribution in [2.75, 3.05) is 0 Å². The number of benzene rings is 2. The number of carbonyl (C=O) groups excluding carboxylic acids is 1. The Morgan fingerprint density at radius 1 is 1.07 bits per heavy atom. The first-order valence-corrected chi connectivity index (χ1v) is 9.72. The van der Waals surface area contributed by atoms with Crippen molar-refractivity contribution in [2.45, 2.75) is 33.4 Å². The van der Waals surface area contributed by atoms with Crippen LogP contribution in [0.4, 0.5) is 0 Å². The summed E-state index contributed by atoms with van der Waals surface area (Å²) in [5, 5.41) is 8.46. The number of aromatic nitrogens is 2. The summed E-state index contributed by atoms with van der Waals surface area (Å²) in [5.74, 6) is -0.0481. The highest BCUT2D eigenvalue weighted by Crippen LogP contribution is 2.18. The Kier molecular flexibility index (Phi) is 5.75. The molecule has 0 aliphatic heterocycles. The van der Waals surface area contributed by atoms with E-state index in [4.69, 9.17) is 0 Å². The zero-order valence-electron chi connectivity index (χ0n) is 15.6. The summed E-state index contributed by atoms with van der Waals surface area (Å²) in [5.41, 5.74) is 1.10. The molecule has 0 fully saturated rings. The quantitative estimate of drug-likeness (QED) is 0.659. The molecule has 0 aliphatic carbocycles. The number of nitrogens with one attached hydrogen (secondary N) is 1. The lowest BCUT2D eigenvalue weighted by atomic mass is 10.1. The first kappa shape index (κ1) is 19.3. The summed E-state index contributed by atoms with van der Waals surface area (Å²) in [6, 6.07) is 14.7. The molecule has 3 rings (SSSR count). The molecule has 0 aliphatic rings. The molecule has 27 heavy (non-hydrogen) atoms. The number of halogens is 1. The minimum Gasteiger partial charge on any atom is -0.344 e. The van der Waals surface area contributed by atoms with Crippen LogP contribution < -0.4 is 10.9 Å². The number of hydrogen-bond donors (Lipinski definition) is 1. The minimum atomic E-state index is -0.292. The summed E-state index contributed by atoms with van der Waals surface area (Å²) in [4.78, 5) is 25.6. The van der Waals surface area contributed by atoms with Crippen LogP contribution in [0.15, 0.2) is 57.8 Å². The van der Waals surface area contributed by atoms with Gasteiger partial charge in [0, 0.05) is 16.4 Å². The van der Waals surface area contributed by atoms with Gasteiger partial charge in [0.25, 0.3) is 11.5 Å². The molecule has 0 saturated carbocycles. The molecule has 1 N–H and O–H groups in total. The molecule has 0 radical (unpaired) electrons. The van der Waals surface area contributed by atoms with Crippen LogP contribution >= 0.6 is 15.9 Å². The Bertz CT molecular complexity index is 1030. The molecule has 5 nitrogen and oxygen atoms in total. The normalized spacial score (nSPS) is 12.3. The van der Waals surface area contributed by atoms with E-state index in [0.717, 1.165) is 10.0 Å². The molecule has 1 atom stereocenters. The molecule has 0 bridgehead atoms. The summed E-state index contributed by atoms with van der Waals surface area (Å²) < 4.78 is 2.38. The molecule has 1 amide bonds. The average molecular weight is 428 g/mol. The van der Waals surface area contributed by atoms with Gasteiger partial charge in [-0.15, -0.1) is 0 Å². The Morgan fingerprint density at radius 2 is 1.70 bits per heavy atom. The van der Waals surface area contributed by atoms with Crippen molar-refractivity contribution in [1.29, 1.82) is 0 Å². The summed E-state index contributed by atoms with van der Waals surface area (Å²) >= 11 is 3.41. The highest BCUT2D eigenvalue weighted by molar-refractivity contribution is 9.10. The van der Waals surface area contributed by atoms with Crippen LogP contribution in [0.1, 0.15) is 42.9 Å². The van der Waals surface area contributed by atoms with Crippen molar-refractivity contribution in [1.82, 2.24) is 15.1 Å². The molecule has 0 spiro atoms. The number of hydrogen-bond acceptors (Lipinski definition) is 3. The van der Waals surface area contributed by atoms with Crippen LogP contribution in [-0.2, 0) is 6.54 Å². The number of fused-ring (bicyclic) bond motifs is 1. The second-order valence-electron chi connectivity index (χ2n) is 7.02. The van der Waals surface area contributed by atoms with Crippen molar-refractivity contribution in [3.8, 4) is 0 Å². The van der Waals surface area contributed by atoms with Crippen LogP contribution in [0.3, 0.4) is 0 Å². The SMILES string of the molecule is CC(C)Cn1nc(C(=O)NC(C)c2ccc(Br)cc2)c2ccccc2c1=O. The van der Waals surface area contributed by atoms with Gasteiger partial charge in [-0.1, -0.05) is 60.1 Å². The van der Waals surface area contributed by atoms with Gasteiger partial charge in [0.1, 0.15) is 0 Å². The minimum absolute atomic E-state index is 0.170. The van der Waals surface area contributed by atoms with Crippen LogP contribution in [0.5, 0.6) is 0 Å². The Hall–Kier alpha value is -2.47. The molecular weight excluding hydrogens is 406 g/mol. The third-order valence-corrected chi connectivity index (χ3v) is 4.87. The van der Waals surface area contributed by atoms with Crippen molar-refractivity contribution in [3.63, 3.8) is 0 Å². The summed E-state index contributed by atoms with van der Waals surface area (Å²) in [6.07, 6.45) is 0. The highest BCUT2D eigenvalue weighted by Gasteiger charge is 2.19. The number of carbonyl (C=O) groups is 1. The van der Waals surface area contributed by atoms with Crippen molar-refractivity contribution >= 4 is 32.6 Å². The van der Waals surface area contributed by atoms with E-state index in [1.54, 1.807) is 18.2 Å². The predicted octanol–water partition coefficient (Wildman–Crippen LogP) is 4.31. The monoisotopic (exact) mass is 427 g/mol. The third-order valence-electron chi connectivity index (χ3n) is 4.34. The van der Waals surface area contributed by atoms with Crippen molar-refractivity contribution in [3.05, 3.63) is 74.6 Å². The van der Waals surface area contributed by atoms with E-state index >= 15 is 0 Å². The molecule has 1 heterocycles. The topological polar surface area (TPSA) is 64.0 Å². The number of rotatable bonds is 5. The Morgan fingerprint density at radius 3 is 2.33 bits per heavy atom. The zero-order valence-corrected chi connectivity index (χ0v) is 17.2.